The van der Waals surface area contributed by atoms with Crippen LogP contribution < -0.4 is 10.1 Å². The number of carboxylic acids is 1. The number of carbonyl (C=O) groups excluding carboxylic acids is 1. The van der Waals surface area contributed by atoms with Crippen LogP contribution in [0, 0.1) is 6.92 Å². The van der Waals surface area contributed by atoms with Crippen molar-refractivity contribution in [1.29, 1.82) is 0 Å². The van der Waals surface area contributed by atoms with Gasteiger partial charge in [-0.15, -0.1) is 11.8 Å². The van der Waals surface area contributed by atoms with Crippen molar-refractivity contribution in [2.45, 2.75) is 12.7 Å². The zero-order valence-electron chi connectivity index (χ0n) is 13.8. The van der Waals surface area contributed by atoms with E-state index < -0.39 is 5.97 Å². The molecule has 0 fully saturated rings. The standard InChI is InChI=1S/C18H18ClNO4S/c1-11-6-15(16(24-2)8-14(11)19)20-17(21)10-25-9-12-4-3-5-13(7-12)18(22)23/h3-8H,9-10H2,1-2H3,(H,20,21)(H,22,23). The third-order valence-electron chi connectivity index (χ3n) is 3.43. The van der Waals surface area contributed by atoms with E-state index in [1.165, 1.54) is 18.9 Å². The molecule has 0 saturated carbocycles. The predicted octanol–water partition coefficient (Wildman–Crippen LogP) is 4.23. The van der Waals surface area contributed by atoms with Crippen LogP contribution in [0.2, 0.25) is 5.02 Å². The Morgan fingerprint density at radius 2 is 2.04 bits per heavy atom. The van der Waals surface area contributed by atoms with Crippen LogP contribution in [-0.2, 0) is 10.5 Å². The Morgan fingerprint density at radius 1 is 1.28 bits per heavy atom. The van der Waals surface area contributed by atoms with Crippen molar-refractivity contribution in [1.82, 2.24) is 0 Å². The fourth-order valence-corrected chi connectivity index (χ4v) is 3.10. The Bertz CT molecular complexity index is 795. The van der Waals surface area contributed by atoms with Crippen LogP contribution in [0.15, 0.2) is 36.4 Å². The minimum atomic E-state index is -0.963. The first-order valence-electron chi connectivity index (χ1n) is 7.44. The number of thioether (sulfide) groups is 1. The second kappa shape index (κ2) is 8.78. The number of ether oxygens (including phenoxy) is 1. The van der Waals surface area contributed by atoms with E-state index in [-0.39, 0.29) is 17.2 Å². The Labute approximate surface area is 155 Å². The molecule has 1 amide bonds. The molecule has 2 rings (SSSR count). The van der Waals surface area contributed by atoms with E-state index >= 15 is 0 Å². The van der Waals surface area contributed by atoms with Gasteiger partial charge in [0.1, 0.15) is 5.75 Å². The lowest BCUT2D eigenvalue weighted by atomic mass is 10.1. The van der Waals surface area contributed by atoms with Crippen LogP contribution in [0.1, 0.15) is 21.5 Å². The van der Waals surface area contributed by atoms with Gasteiger partial charge in [0.15, 0.2) is 0 Å². The minimum Gasteiger partial charge on any atom is -0.495 e. The van der Waals surface area contributed by atoms with Gasteiger partial charge < -0.3 is 15.2 Å². The summed E-state index contributed by atoms with van der Waals surface area (Å²) in [6.45, 7) is 1.85. The van der Waals surface area contributed by atoms with Gasteiger partial charge in [-0.1, -0.05) is 23.7 Å². The number of aromatic carboxylic acids is 1. The number of methoxy groups -OCH3 is 1. The van der Waals surface area contributed by atoms with Crippen LogP contribution in [0.4, 0.5) is 5.69 Å². The average Bonchev–Trinajstić information content (AvgIpc) is 2.58. The van der Waals surface area contributed by atoms with E-state index in [0.717, 1.165) is 11.1 Å². The average molecular weight is 380 g/mol. The first-order chi connectivity index (χ1) is 11.9. The molecule has 0 aromatic heterocycles. The molecule has 2 aromatic rings. The van der Waals surface area contributed by atoms with Crippen molar-refractivity contribution in [2.24, 2.45) is 0 Å². The number of rotatable bonds is 7. The summed E-state index contributed by atoms with van der Waals surface area (Å²) in [6, 6.07) is 10.1. The third-order valence-corrected chi connectivity index (χ3v) is 4.84. The molecule has 0 saturated heterocycles. The van der Waals surface area contributed by atoms with Gasteiger partial charge in [-0.05, 0) is 36.2 Å². The zero-order valence-corrected chi connectivity index (χ0v) is 15.4. The SMILES string of the molecule is COc1cc(Cl)c(C)cc1NC(=O)CSCc1cccc(C(=O)O)c1. The molecule has 0 aliphatic rings. The number of nitrogens with one attached hydrogen (secondary N) is 1. The minimum absolute atomic E-state index is 0.167. The van der Waals surface area contributed by atoms with Crippen molar-refractivity contribution < 1.29 is 19.4 Å². The fourth-order valence-electron chi connectivity index (χ4n) is 2.17. The quantitative estimate of drug-likeness (QED) is 0.753. The van der Waals surface area contributed by atoms with Gasteiger partial charge >= 0.3 is 5.97 Å². The highest BCUT2D eigenvalue weighted by atomic mass is 35.5. The van der Waals surface area contributed by atoms with E-state index in [0.29, 0.717) is 22.2 Å². The second-order valence-corrected chi connectivity index (χ2v) is 6.74. The summed E-state index contributed by atoms with van der Waals surface area (Å²) in [4.78, 5) is 23.1. The maximum absolute atomic E-state index is 12.1. The maximum Gasteiger partial charge on any atom is 0.335 e. The molecule has 132 valence electrons. The number of carbonyl (C=O) groups is 2. The lowest BCUT2D eigenvalue weighted by molar-refractivity contribution is -0.113. The molecule has 0 spiro atoms. The lowest BCUT2D eigenvalue weighted by Crippen LogP contribution is -2.15. The molecule has 0 aliphatic heterocycles. The van der Waals surface area contributed by atoms with Crippen LogP contribution in [0.25, 0.3) is 0 Å². The number of hydrogen-bond acceptors (Lipinski definition) is 4. The first-order valence-corrected chi connectivity index (χ1v) is 8.98. The molecule has 0 heterocycles. The van der Waals surface area contributed by atoms with E-state index in [1.807, 2.05) is 13.0 Å². The van der Waals surface area contributed by atoms with E-state index in [1.54, 1.807) is 30.3 Å². The molecule has 25 heavy (non-hydrogen) atoms. The van der Waals surface area contributed by atoms with Crippen LogP contribution in [0.3, 0.4) is 0 Å². The number of aryl methyl sites for hydroxylation is 1. The van der Waals surface area contributed by atoms with Gasteiger partial charge in [0.25, 0.3) is 0 Å². The van der Waals surface area contributed by atoms with Gasteiger partial charge in [-0.25, -0.2) is 4.79 Å². The molecular weight excluding hydrogens is 362 g/mol. The Balaban J connectivity index is 1.92. The number of amides is 1. The van der Waals surface area contributed by atoms with Crippen molar-refractivity contribution in [3.8, 4) is 5.75 Å². The molecule has 0 atom stereocenters. The highest BCUT2D eigenvalue weighted by Crippen LogP contribution is 2.31. The third kappa shape index (κ3) is 5.41. The first kappa shape index (κ1) is 19.1. The van der Waals surface area contributed by atoms with Gasteiger partial charge in [0, 0.05) is 16.8 Å². The molecule has 0 unspecified atom stereocenters. The van der Waals surface area contributed by atoms with Crippen molar-refractivity contribution >= 4 is 40.9 Å². The summed E-state index contributed by atoms with van der Waals surface area (Å²) < 4.78 is 5.23. The van der Waals surface area contributed by atoms with Gasteiger partial charge in [0.05, 0.1) is 24.1 Å². The number of anilines is 1. The summed E-state index contributed by atoms with van der Waals surface area (Å²) in [5.41, 5.74) is 2.51. The lowest BCUT2D eigenvalue weighted by Gasteiger charge is -2.12. The largest absolute Gasteiger partial charge is 0.495 e. The maximum atomic E-state index is 12.1. The molecule has 2 N–H and O–H groups in total. The predicted molar refractivity (Wildman–Crippen MR) is 101 cm³/mol. The van der Waals surface area contributed by atoms with Crippen molar-refractivity contribution in [3.05, 3.63) is 58.1 Å². The number of hydrogen-bond donors (Lipinski definition) is 2. The van der Waals surface area contributed by atoms with Crippen LogP contribution >= 0.6 is 23.4 Å². The Hall–Kier alpha value is -2.18. The van der Waals surface area contributed by atoms with Crippen LogP contribution in [-0.4, -0.2) is 29.8 Å². The van der Waals surface area contributed by atoms with Crippen molar-refractivity contribution in [2.75, 3.05) is 18.2 Å². The van der Waals surface area contributed by atoms with E-state index in [9.17, 15) is 9.59 Å². The zero-order chi connectivity index (χ0) is 18.4. The smallest absolute Gasteiger partial charge is 0.335 e. The van der Waals surface area contributed by atoms with Crippen LogP contribution in [0.5, 0.6) is 5.75 Å². The monoisotopic (exact) mass is 379 g/mol. The molecular formula is C18H18ClNO4S. The normalized spacial score (nSPS) is 10.4. The highest BCUT2D eigenvalue weighted by molar-refractivity contribution is 7.99. The molecule has 0 bridgehead atoms. The molecule has 0 aliphatic carbocycles. The summed E-state index contributed by atoms with van der Waals surface area (Å²) in [5.74, 6) is 0.158. The molecule has 0 radical (unpaired) electrons. The van der Waals surface area contributed by atoms with Crippen molar-refractivity contribution in [3.63, 3.8) is 0 Å². The van der Waals surface area contributed by atoms with E-state index in [4.69, 9.17) is 21.4 Å². The second-order valence-electron chi connectivity index (χ2n) is 5.35. The Morgan fingerprint density at radius 3 is 2.72 bits per heavy atom. The summed E-state index contributed by atoms with van der Waals surface area (Å²) in [5, 5.41) is 12.4. The Kier molecular flexibility index (Phi) is 6.73. The summed E-state index contributed by atoms with van der Waals surface area (Å²) in [7, 11) is 1.51. The summed E-state index contributed by atoms with van der Waals surface area (Å²) in [6.07, 6.45) is 0. The summed E-state index contributed by atoms with van der Waals surface area (Å²) >= 11 is 7.45. The number of benzene rings is 2. The van der Waals surface area contributed by atoms with E-state index in [2.05, 4.69) is 5.32 Å². The fraction of sp³-hybridized carbons (Fsp3) is 0.222. The molecule has 7 heteroatoms. The molecule has 5 nitrogen and oxygen atoms in total. The topological polar surface area (TPSA) is 75.6 Å². The number of halogens is 1. The van der Waals surface area contributed by atoms with Gasteiger partial charge in [-0.2, -0.15) is 0 Å². The number of carboxylic acid groups (broad SMARTS) is 1. The molecule has 2 aromatic carbocycles. The van der Waals surface area contributed by atoms with Gasteiger partial charge in [0.2, 0.25) is 5.91 Å². The van der Waals surface area contributed by atoms with Gasteiger partial charge in [-0.3, -0.25) is 4.79 Å². The highest BCUT2D eigenvalue weighted by Gasteiger charge is 2.11.